The summed E-state index contributed by atoms with van der Waals surface area (Å²) in [5.41, 5.74) is 6.13. The lowest BCUT2D eigenvalue weighted by Crippen LogP contribution is -2.47. The first-order valence-electron chi connectivity index (χ1n) is 9.48. The van der Waals surface area contributed by atoms with E-state index in [-0.39, 0.29) is 18.0 Å². The van der Waals surface area contributed by atoms with Gasteiger partial charge in [0, 0.05) is 17.1 Å². The second kappa shape index (κ2) is 9.68. The van der Waals surface area contributed by atoms with Gasteiger partial charge in [-0.15, -0.1) is 0 Å². The molecule has 2 N–H and O–H groups in total. The zero-order valence-electron chi connectivity index (χ0n) is 17.6. The molecule has 1 unspecified atom stereocenters. The third kappa shape index (κ3) is 5.55. The molecule has 12 heteroatoms. The molecule has 1 aliphatic rings. The maximum absolute atomic E-state index is 12.7. The summed E-state index contributed by atoms with van der Waals surface area (Å²) in [6, 6.07) is 14.4. The number of hydrogen-bond donors (Lipinski definition) is 1. The Balaban J connectivity index is 2.03. The van der Waals surface area contributed by atoms with E-state index < -0.39 is 28.0 Å². The van der Waals surface area contributed by atoms with E-state index in [4.69, 9.17) is 11.0 Å². The van der Waals surface area contributed by atoms with Crippen molar-refractivity contribution in [2.45, 2.75) is 25.6 Å². The molecule has 0 aromatic heterocycles. The smallest absolute Gasteiger partial charge is 0.387 e. The van der Waals surface area contributed by atoms with Crippen molar-refractivity contribution in [3.8, 4) is 11.8 Å². The fraction of sp³-hybridized carbons (Fsp3) is 0.238. The molecule has 2 aromatic carbocycles. The molecule has 0 fully saturated rings. The van der Waals surface area contributed by atoms with E-state index in [1.807, 2.05) is 6.07 Å². The van der Waals surface area contributed by atoms with Crippen LogP contribution in [0.5, 0.6) is 5.75 Å². The van der Waals surface area contributed by atoms with Gasteiger partial charge in [0.25, 0.3) is 5.91 Å². The number of thioether (sulfide) groups is 1. The number of rotatable bonds is 8. The van der Waals surface area contributed by atoms with Gasteiger partial charge in [0.05, 0.1) is 17.9 Å². The van der Waals surface area contributed by atoms with Crippen molar-refractivity contribution in [3.05, 3.63) is 70.3 Å². The third-order valence-electron chi connectivity index (χ3n) is 4.72. The standard InChI is InChI=1S/C21H20F2N4O4S2/c1-13-18(19(25)28)27(33(2,29)30)21(32-13)26(16-7-3-14(11-24)4-8-16)12-15-5-9-17(10-6-15)31-20(22)23/h3-10,20-21H,12H2,1-2H3,(H2,25,28). The molecule has 0 aliphatic carbocycles. The molecule has 174 valence electrons. The molecular formula is C21H20F2N4O4S2. The average Bonchev–Trinajstić information content (AvgIpc) is 3.10. The first-order valence-corrected chi connectivity index (χ1v) is 12.2. The van der Waals surface area contributed by atoms with Gasteiger partial charge in [0.2, 0.25) is 10.0 Å². The number of amides is 1. The first kappa shape index (κ1) is 24.3. The zero-order chi connectivity index (χ0) is 24.3. The van der Waals surface area contributed by atoms with Crippen LogP contribution in [0.2, 0.25) is 0 Å². The van der Waals surface area contributed by atoms with Crippen molar-refractivity contribution in [2.75, 3.05) is 11.2 Å². The van der Waals surface area contributed by atoms with Crippen molar-refractivity contribution in [3.63, 3.8) is 0 Å². The third-order valence-corrected chi connectivity index (χ3v) is 7.18. The number of halogens is 2. The second-order valence-electron chi connectivity index (χ2n) is 7.08. The minimum absolute atomic E-state index is 0.0137. The Morgan fingerprint density at radius 3 is 2.33 bits per heavy atom. The summed E-state index contributed by atoms with van der Waals surface area (Å²) in [7, 11) is -3.90. The number of carbonyl (C=O) groups is 1. The molecule has 3 rings (SSSR count). The quantitative estimate of drug-likeness (QED) is 0.599. The molecule has 0 spiro atoms. The van der Waals surface area contributed by atoms with Crippen molar-refractivity contribution in [1.29, 1.82) is 5.26 Å². The van der Waals surface area contributed by atoms with E-state index in [0.717, 1.165) is 22.3 Å². The molecule has 1 amide bonds. The van der Waals surface area contributed by atoms with Crippen LogP contribution in [0.25, 0.3) is 0 Å². The molecule has 33 heavy (non-hydrogen) atoms. The second-order valence-corrected chi connectivity index (χ2v) is 10.2. The van der Waals surface area contributed by atoms with Gasteiger partial charge in [-0.25, -0.2) is 12.7 Å². The van der Waals surface area contributed by atoms with Gasteiger partial charge < -0.3 is 15.4 Å². The predicted molar refractivity (Wildman–Crippen MR) is 120 cm³/mol. The minimum atomic E-state index is -3.90. The van der Waals surface area contributed by atoms with E-state index in [0.29, 0.717) is 21.7 Å². The Morgan fingerprint density at radius 1 is 1.24 bits per heavy atom. The first-order chi connectivity index (χ1) is 15.5. The lowest BCUT2D eigenvalue weighted by atomic mass is 10.1. The number of carbonyl (C=O) groups excluding carboxylic acids is 1. The Bertz CT molecular complexity index is 1210. The number of nitrogens with two attached hydrogens (primary N) is 1. The SMILES string of the molecule is CC1=C(C(N)=O)N(S(C)(=O)=O)C(N(Cc2ccc(OC(F)F)cc2)c2ccc(C#N)cc2)S1. The molecule has 1 aliphatic heterocycles. The van der Waals surface area contributed by atoms with Gasteiger partial charge in [-0.05, 0) is 48.9 Å². The number of anilines is 1. The Morgan fingerprint density at radius 2 is 1.85 bits per heavy atom. The highest BCUT2D eigenvalue weighted by Crippen LogP contribution is 2.43. The van der Waals surface area contributed by atoms with Gasteiger partial charge in [0.1, 0.15) is 11.4 Å². The summed E-state index contributed by atoms with van der Waals surface area (Å²) in [6.07, 6.45) is 0.982. The molecule has 2 aromatic rings. The van der Waals surface area contributed by atoms with Crippen LogP contribution in [0.4, 0.5) is 14.5 Å². The zero-order valence-corrected chi connectivity index (χ0v) is 19.2. The highest BCUT2D eigenvalue weighted by atomic mass is 32.2. The summed E-state index contributed by atoms with van der Waals surface area (Å²) in [4.78, 5) is 14.2. The Kier molecular flexibility index (Phi) is 7.14. The maximum atomic E-state index is 12.7. The van der Waals surface area contributed by atoms with Crippen LogP contribution in [-0.2, 0) is 21.4 Å². The van der Waals surface area contributed by atoms with Gasteiger partial charge >= 0.3 is 6.61 Å². The van der Waals surface area contributed by atoms with E-state index in [1.165, 1.54) is 12.1 Å². The number of primary amides is 1. The van der Waals surface area contributed by atoms with Gasteiger partial charge in [-0.1, -0.05) is 23.9 Å². The number of nitrogens with zero attached hydrogens (tertiary/aromatic N) is 3. The maximum Gasteiger partial charge on any atom is 0.387 e. The van der Waals surface area contributed by atoms with Gasteiger partial charge in [-0.2, -0.15) is 14.0 Å². The highest BCUT2D eigenvalue weighted by Gasteiger charge is 2.42. The van der Waals surface area contributed by atoms with Crippen molar-refractivity contribution in [1.82, 2.24) is 4.31 Å². The Labute approximate surface area is 194 Å². The summed E-state index contributed by atoms with van der Waals surface area (Å²) in [5.74, 6) is -0.888. The molecule has 1 atom stereocenters. The number of nitriles is 1. The summed E-state index contributed by atoms with van der Waals surface area (Å²) in [5, 5.41) is 9.10. The van der Waals surface area contributed by atoms with Gasteiger partial charge in [0.15, 0.2) is 5.50 Å². The number of sulfonamides is 1. The van der Waals surface area contributed by atoms with E-state index in [9.17, 15) is 22.0 Å². The Hall–Kier alpha value is -3.30. The topological polar surface area (TPSA) is 117 Å². The predicted octanol–water partition coefficient (Wildman–Crippen LogP) is 3.18. The fourth-order valence-corrected chi connectivity index (χ4v) is 6.13. The van der Waals surface area contributed by atoms with Crippen LogP contribution in [0.1, 0.15) is 18.1 Å². The lowest BCUT2D eigenvalue weighted by Gasteiger charge is -2.36. The van der Waals surface area contributed by atoms with Crippen molar-refractivity contribution >= 4 is 33.4 Å². The van der Waals surface area contributed by atoms with Crippen LogP contribution >= 0.6 is 11.8 Å². The summed E-state index contributed by atoms with van der Waals surface area (Å²) >= 11 is 1.14. The minimum Gasteiger partial charge on any atom is -0.435 e. The van der Waals surface area contributed by atoms with Crippen LogP contribution in [0.15, 0.2) is 59.1 Å². The molecule has 0 bridgehead atoms. The van der Waals surface area contributed by atoms with E-state index in [2.05, 4.69) is 4.74 Å². The largest absolute Gasteiger partial charge is 0.435 e. The fourth-order valence-electron chi connectivity index (χ4n) is 3.33. The molecule has 0 saturated carbocycles. The van der Waals surface area contributed by atoms with Crippen LogP contribution in [-0.4, -0.2) is 37.0 Å². The number of allylic oxidation sites excluding steroid dienone is 1. The van der Waals surface area contributed by atoms with Crippen LogP contribution in [0, 0.1) is 11.3 Å². The molecule has 0 radical (unpaired) electrons. The number of ether oxygens (including phenoxy) is 1. The van der Waals surface area contributed by atoms with Gasteiger partial charge in [-0.3, -0.25) is 4.79 Å². The van der Waals surface area contributed by atoms with Crippen molar-refractivity contribution < 1.29 is 26.7 Å². The molecule has 1 heterocycles. The van der Waals surface area contributed by atoms with E-state index >= 15 is 0 Å². The van der Waals surface area contributed by atoms with Crippen molar-refractivity contribution in [2.24, 2.45) is 5.73 Å². The molecular weight excluding hydrogens is 474 g/mol. The summed E-state index contributed by atoms with van der Waals surface area (Å²) < 4.78 is 55.6. The normalized spacial score (nSPS) is 16.1. The average molecular weight is 495 g/mol. The molecule has 0 saturated heterocycles. The number of hydrogen-bond acceptors (Lipinski definition) is 7. The lowest BCUT2D eigenvalue weighted by molar-refractivity contribution is -0.115. The van der Waals surface area contributed by atoms with E-state index in [1.54, 1.807) is 48.2 Å². The molecule has 8 nitrogen and oxygen atoms in total. The van der Waals surface area contributed by atoms with Crippen LogP contribution in [0.3, 0.4) is 0 Å². The highest BCUT2D eigenvalue weighted by molar-refractivity contribution is 8.04. The van der Waals surface area contributed by atoms with Crippen LogP contribution < -0.4 is 15.4 Å². The monoisotopic (exact) mass is 494 g/mol. The number of benzene rings is 2. The summed E-state index contributed by atoms with van der Waals surface area (Å²) in [6.45, 7) is -1.19. The number of alkyl halides is 2.